The largest absolute Gasteiger partial charge is 0.493 e. The summed E-state index contributed by atoms with van der Waals surface area (Å²) in [5.41, 5.74) is 2.21. The number of rotatable bonds is 7. The molecule has 0 saturated carbocycles. The molecule has 30 heavy (non-hydrogen) atoms. The SMILES string of the molecule is COC(=O)[C@H]1C(=O)NC(SCCOc2ccc(C)cc2)=C(C#N)[C@@H]1c1ccccc1. The van der Waals surface area contributed by atoms with Gasteiger partial charge in [-0.05, 0) is 24.6 Å². The molecule has 2 aromatic carbocycles. The minimum atomic E-state index is -1.11. The van der Waals surface area contributed by atoms with E-state index in [1.54, 1.807) is 12.1 Å². The Labute approximate surface area is 179 Å². The number of carbonyl (C=O) groups is 2. The molecule has 1 heterocycles. The van der Waals surface area contributed by atoms with E-state index in [2.05, 4.69) is 11.4 Å². The quantitative estimate of drug-likeness (QED) is 0.417. The van der Waals surface area contributed by atoms with Crippen LogP contribution in [-0.2, 0) is 14.3 Å². The summed E-state index contributed by atoms with van der Waals surface area (Å²) in [5.74, 6) is -1.66. The first-order valence-electron chi connectivity index (χ1n) is 9.45. The molecule has 2 atom stereocenters. The molecular formula is C23H22N2O4S. The number of nitrogens with zero attached hydrogens (tertiary/aromatic N) is 1. The van der Waals surface area contributed by atoms with Gasteiger partial charge in [-0.1, -0.05) is 48.0 Å². The number of carbonyl (C=O) groups excluding carboxylic acids is 2. The zero-order chi connectivity index (χ0) is 21.5. The first-order chi connectivity index (χ1) is 14.5. The van der Waals surface area contributed by atoms with Gasteiger partial charge in [0.05, 0.1) is 30.4 Å². The zero-order valence-corrected chi connectivity index (χ0v) is 17.6. The highest BCUT2D eigenvalue weighted by atomic mass is 32.2. The molecule has 1 aliphatic heterocycles. The second-order valence-electron chi connectivity index (χ2n) is 6.74. The highest BCUT2D eigenvalue weighted by Crippen LogP contribution is 2.40. The van der Waals surface area contributed by atoms with Crippen molar-refractivity contribution in [1.29, 1.82) is 5.26 Å². The molecule has 0 spiro atoms. The minimum Gasteiger partial charge on any atom is -0.493 e. The fourth-order valence-corrected chi connectivity index (χ4v) is 4.15. The summed E-state index contributed by atoms with van der Waals surface area (Å²) < 4.78 is 10.6. The van der Waals surface area contributed by atoms with Gasteiger partial charge in [0.15, 0.2) is 0 Å². The lowest BCUT2D eigenvalue weighted by Crippen LogP contribution is -2.44. The molecule has 6 nitrogen and oxygen atoms in total. The van der Waals surface area contributed by atoms with Crippen LogP contribution in [0.5, 0.6) is 5.75 Å². The summed E-state index contributed by atoms with van der Waals surface area (Å²) in [7, 11) is 1.24. The fraction of sp³-hybridized carbons (Fsp3) is 0.261. The van der Waals surface area contributed by atoms with E-state index >= 15 is 0 Å². The number of hydrogen-bond donors (Lipinski definition) is 1. The lowest BCUT2D eigenvalue weighted by Gasteiger charge is -2.30. The molecule has 0 aromatic heterocycles. The molecule has 0 bridgehead atoms. The molecule has 0 aliphatic carbocycles. The number of benzene rings is 2. The highest BCUT2D eigenvalue weighted by molar-refractivity contribution is 8.03. The van der Waals surface area contributed by atoms with Gasteiger partial charge >= 0.3 is 5.97 Å². The van der Waals surface area contributed by atoms with Crippen LogP contribution in [0.4, 0.5) is 0 Å². The van der Waals surface area contributed by atoms with E-state index in [4.69, 9.17) is 9.47 Å². The normalized spacial score (nSPS) is 18.4. The number of thioether (sulfide) groups is 1. The van der Waals surface area contributed by atoms with Gasteiger partial charge in [-0.3, -0.25) is 9.59 Å². The van der Waals surface area contributed by atoms with Gasteiger partial charge < -0.3 is 14.8 Å². The van der Waals surface area contributed by atoms with Crippen LogP contribution < -0.4 is 10.1 Å². The number of nitriles is 1. The smallest absolute Gasteiger partial charge is 0.319 e. The second kappa shape index (κ2) is 9.99. The average molecular weight is 423 g/mol. The standard InChI is InChI=1S/C23H22N2O4S/c1-15-8-10-17(11-9-15)29-12-13-30-22-18(14-24)19(16-6-4-3-5-7-16)20(21(26)25-22)23(27)28-2/h3-11,19-20H,12-13H2,1-2H3,(H,25,26)/t19-,20+/m0/s1. The molecule has 154 valence electrons. The molecule has 0 unspecified atom stereocenters. The zero-order valence-electron chi connectivity index (χ0n) is 16.8. The van der Waals surface area contributed by atoms with E-state index in [0.717, 1.165) is 11.3 Å². The van der Waals surface area contributed by atoms with Gasteiger partial charge in [0.25, 0.3) is 0 Å². The summed E-state index contributed by atoms with van der Waals surface area (Å²) >= 11 is 1.32. The van der Waals surface area contributed by atoms with Gasteiger partial charge in [0, 0.05) is 11.7 Å². The van der Waals surface area contributed by atoms with Gasteiger partial charge in [0.1, 0.15) is 11.7 Å². The number of ether oxygens (including phenoxy) is 2. The average Bonchev–Trinajstić information content (AvgIpc) is 2.77. The van der Waals surface area contributed by atoms with Gasteiger partial charge in [-0.2, -0.15) is 5.26 Å². The number of methoxy groups -OCH3 is 1. The number of aryl methyl sites for hydroxylation is 1. The van der Waals surface area contributed by atoms with Gasteiger partial charge in [-0.15, -0.1) is 11.8 Å². The van der Waals surface area contributed by atoms with Crippen LogP contribution in [0.2, 0.25) is 0 Å². The number of allylic oxidation sites excluding steroid dienone is 1. The minimum absolute atomic E-state index is 0.344. The van der Waals surface area contributed by atoms with Crippen molar-refractivity contribution < 1.29 is 19.1 Å². The van der Waals surface area contributed by atoms with E-state index < -0.39 is 23.7 Å². The predicted molar refractivity (Wildman–Crippen MR) is 115 cm³/mol. The Morgan fingerprint density at radius 3 is 2.50 bits per heavy atom. The lowest BCUT2D eigenvalue weighted by atomic mass is 9.78. The van der Waals surface area contributed by atoms with E-state index in [1.165, 1.54) is 18.9 Å². The van der Waals surface area contributed by atoms with E-state index in [0.29, 0.717) is 28.5 Å². The Hall–Kier alpha value is -3.24. The summed E-state index contributed by atoms with van der Waals surface area (Å²) in [4.78, 5) is 25.1. The van der Waals surface area contributed by atoms with Gasteiger partial charge in [0.2, 0.25) is 5.91 Å². The Morgan fingerprint density at radius 1 is 1.17 bits per heavy atom. The molecule has 3 rings (SSSR count). The molecule has 0 fully saturated rings. The summed E-state index contributed by atoms with van der Waals surface area (Å²) in [6.45, 7) is 2.41. The highest BCUT2D eigenvalue weighted by Gasteiger charge is 2.44. The topological polar surface area (TPSA) is 88.4 Å². The monoisotopic (exact) mass is 422 g/mol. The fourth-order valence-electron chi connectivity index (χ4n) is 3.28. The molecular weight excluding hydrogens is 400 g/mol. The Kier molecular flexibility index (Phi) is 7.15. The summed E-state index contributed by atoms with van der Waals surface area (Å²) in [6.07, 6.45) is 0. The maximum absolute atomic E-state index is 12.7. The first kappa shape index (κ1) is 21.5. The van der Waals surface area contributed by atoms with Crippen LogP contribution in [0, 0.1) is 24.2 Å². The Bertz CT molecular complexity index is 981. The van der Waals surface area contributed by atoms with E-state index in [9.17, 15) is 14.9 Å². The molecule has 2 aromatic rings. The van der Waals surface area contributed by atoms with Crippen molar-refractivity contribution in [1.82, 2.24) is 5.32 Å². The molecule has 1 N–H and O–H groups in total. The van der Waals surface area contributed by atoms with Crippen molar-refractivity contribution in [3.8, 4) is 11.8 Å². The Morgan fingerprint density at radius 2 is 1.87 bits per heavy atom. The third-order valence-electron chi connectivity index (χ3n) is 4.76. The van der Waals surface area contributed by atoms with Crippen molar-refractivity contribution in [3.63, 3.8) is 0 Å². The number of hydrogen-bond acceptors (Lipinski definition) is 6. The molecule has 1 amide bonds. The van der Waals surface area contributed by atoms with Crippen LogP contribution in [0.15, 0.2) is 65.2 Å². The maximum Gasteiger partial charge on any atom is 0.319 e. The summed E-state index contributed by atoms with van der Waals surface area (Å²) in [6, 6.07) is 19.0. The summed E-state index contributed by atoms with van der Waals surface area (Å²) in [5, 5.41) is 13.0. The van der Waals surface area contributed by atoms with Crippen LogP contribution in [-0.4, -0.2) is 31.3 Å². The Balaban J connectivity index is 1.80. The van der Waals surface area contributed by atoms with Crippen molar-refractivity contribution in [2.24, 2.45) is 5.92 Å². The molecule has 0 saturated heterocycles. The van der Waals surface area contributed by atoms with Crippen LogP contribution >= 0.6 is 11.8 Å². The van der Waals surface area contributed by atoms with Gasteiger partial charge in [-0.25, -0.2) is 0 Å². The third-order valence-corrected chi connectivity index (χ3v) is 5.74. The number of nitrogens with one attached hydrogen (secondary N) is 1. The van der Waals surface area contributed by atoms with Crippen molar-refractivity contribution >= 4 is 23.6 Å². The molecule has 0 radical (unpaired) electrons. The van der Waals surface area contributed by atoms with Crippen LogP contribution in [0.1, 0.15) is 17.0 Å². The lowest BCUT2D eigenvalue weighted by molar-refractivity contribution is -0.150. The first-order valence-corrected chi connectivity index (χ1v) is 10.4. The van der Waals surface area contributed by atoms with Crippen LogP contribution in [0.3, 0.4) is 0 Å². The van der Waals surface area contributed by atoms with Crippen LogP contribution in [0.25, 0.3) is 0 Å². The number of esters is 1. The van der Waals surface area contributed by atoms with E-state index in [1.807, 2.05) is 49.4 Å². The predicted octanol–water partition coefficient (Wildman–Crippen LogP) is 3.55. The molecule has 1 aliphatic rings. The number of amides is 1. The molecule has 7 heteroatoms. The maximum atomic E-state index is 12.7. The van der Waals surface area contributed by atoms with Crippen molar-refractivity contribution in [2.45, 2.75) is 12.8 Å². The van der Waals surface area contributed by atoms with E-state index in [-0.39, 0.29) is 0 Å². The van der Waals surface area contributed by atoms with Crippen molar-refractivity contribution in [3.05, 3.63) is 76.3 Å². The second-order valence-corrected chi connectivity index (χ2v) is 7.85. The third kappa shape index (κ3) is 4.84. The van der Waals surface area contributed by atoms with Crippen molar-refractivity contribution in [2.75, 3.05) is 19.5 Å².